The van der Waals surface area contributed by atoms with Gasteiger partial charge >= 0.3 is 11.9 Å². The first kappa shape index (κ1) is 18.5. The van der Waals surface area contributed by atoms with Crippen LogP contribution in [0.25, 0.3) is 0 Å². The largest absolute Gasteiger partial charge is 0.494 e. The Kier molecular flexibility index (Phi) is 7.01. The minimum Gasteiger partial charge on any atom is -0.494 e. The molecule has 2 rings (SSSR count). The van der Waals surface area contributed by atoms with Crippen molar-refractivity contribution in [3.63, 3.8) is 0 Å². The molecule has 5 heteroatoms. The van der Waals surface area contributed by atoms with E-state index in [1.807, 2.05) is 13.8 Å². The first-order chi connectivity index (χ1) is 12.1. The molecule has 0 atom stereocenters. The Morgan fingerprint density at radius 2 is 1.04 bits per heavy atom. The molecule has 0 saturated carbocycles. The van der Waals surface area contributed by atoms with Crippen molar-refractivity contribution in [3.05, 3.63) is 59.7 Å². The van der Waals surface area contributed by atoms with E-state index in [2.05, 4.69) is 0 Å². The summed E-state index contributed by atoms with van der Waals surface area (Å²) in [5.74, 6) is -0.0449. The molecule has 0 spiro atoms. The fourth-order valence-electron chi connectivity index (χ4n) is 2.02. The molecular formula is C20H22O5. The van der Waals surface area contributed by atoms with Crippen molar-refractivity contribution in [3.8, 4) is 11.5 Å². The Morgan fingerprint density at radius 3 is 1.36 bits per heavy atom. The molecule has 0 amide bonds. The quantitative estimate of drug-likeness (QED) is 0.530. The molecule has 2 aromatic rings. The number of rotatable bonds is 8. The summed E-state index contributed by atoms with van der Waals surface area (Å²) in [5.41, 5.74) is 0.584. The van der Waals surface area contributed by atoms with E-state index in [9.17, 15) is 9.59 Å². The Morgan fingerprint density at radius 1 is 0.680 bits per heavy atom. The van der Waals surface area contributed by atoms with E-state index < -0.39 is 11.9 Å². The summed E-state index contributed by atoms with van der Waals surface area (Å²) in [6.45, 7) is 5.25. The lowest BCUT2D eigenvalue weighted by atomic mass is 10.2. The third-order valence-electron chi connectivity index (χ3n) is 3.31. The van der Waals surface area contributed by atoms with Gasteiger partial charge in [-0.15, -0.1) is 0 Å². The van der Waals surface area contributed by atoms with Crippen molar-refractivity contribution >= 4 is 11.9 Å². The van der Waals surface area contributed by atoms with Crippen molar-refractivity contribution in [2.45, 2.75) is 26.7 Å². The molecule has 2 aromatic carbocycles. The second kappa shape index (κ2) is 9.47. The minimum absolute atomic E-state index is 0.292. The molecule has 0 aromatic heterocycles. The number of hydrogen-bond donors (Lipinski definition) is 0. The lowest BCUT2D eigenvalue weighted by molar-refractivity contribution is 0.0398. The van der Waals surface area contributed by atoms with E-state index in [0.29, 0.717) is 35.8 Å². The van der Waals surface area contributed by atoms with Gasteiger partial charge in [0.15, 0.2) is 0 Å². The van der Waals surface area contributed by atoms with Gasteiger partial charge in [-0.05, 0) is 61.4 Å². The third kappa shape index (κ3) is 5.64. The minimum atomic E-state index is -0.696. The van der Waals surface area contributed by atoms with Crippen LogP contribution < -0.4 is 9.47 Å². The summed E-state index contributed by atoms with van der Waals surface area (Å²) in [6.07, 6.45) is 1.81. The molecule has 0 heterocycles. The maximum atomic E-state index is 12.1. The molecule has 0 radical (unpaired) electrons. The van der Waals surface area contributed by atoms with Gasteiger partial charge in [-0.2, -0.15) is 0 Å². The molecule has 25 heavy (non-hydrogen) atoms. The van der Waals surface area contributed by atoms with Crippen LogP contribution in [0.3, 0.4) is 0 Å². The average Bonchev–Trinajstić information content (AvgIpc) is 2.65. The van der Waals surface area contributed by atoms with Crippen LogP contribution in [-0.2, 0) is 4.74 Å². The molecule has 132 valence electrons. The van der Waals surface area contributed by atoms with Crippen LogP contribution in [0.15, 0.2) is 48.5 Å². The zero-order valence-corrected chi connectivity index (χ0v) is 14.5. The fraction of sp³-hybridized carbons (Fsp3) is 0.300. The van der Waals surface area contributed by atoms with E-state index in [1.165, 1.54) is 0 Å². The number of carbonyl (C=O) groups excluding carboxylic acids is 2. The number of benzene rings is 2. The SMILES string of the molecule is CCCOc1ccc(C(=O)OC(=O)c2ccc(OCCC)cc2)cc1. The van der Waals surface area contributed by atoms with Crippen molar-refractivity contribution in [1.29, 1.82) is 0 Å². The number of carbonyl (C=O) groups is 2. The van der Waals surface area contributed by atoms with Crippen LogP contribution in [0.4, 0.5) is 0 Å². The highest BCUT2D eigenvalue weighted by Gasteiger charge is 2.15. The van der Waals surface area contributed by atoms with Crippen LogP contribution in [0.2, 0.25) is 0 Å². The maximum Gasteiger partial charge on any atom is 0.346 e. The lowest BCUT2D eigenvalue weighted by Crippen LogP contribution is -2.12. The highest BCUT2D eigenvalue weighted by molar-refractivity contribution is 6.02. The Hall–Kier alpha value is -2.82. The lowest BCUT2D eigenvalue weighted by Gasteiger charge is -2.07. The van der Waals surface area contributed by atoms with Gasteiger partial charge in [-0.25, -0.2) is 9.59 Å². The summed E-state index contributed by atoms with van der Waals surface area (Å²) in [7, 11) is 0. The molecule has 0 saturated heterocycles. The second-order valence-electron chi connectivity index (χ2n) is 5.42. The van der Waals surface area contributed by atoms with Crippen molar-refractivity contribution in [1.82, 2.24) is 0 Å². The van der Waals surface area contributed by atoms with E-state index >= 15 is 0 Å². The molecule has 0 aliphatic carbocycles. The summed E-state index contributed by atoms with van der Waals surface area (Å²) in [6, 6.07) is 13.0. The normalized spacial score (nSPS) is 10.2. The van der Waals surface area contributed by atoms with E-state index in [1.54, 1.807) is 48.5 Å². The van der Waals surface area contributed by atoms with E-state index in [-0.39, 0.29) is 0 Å². The molecule has 0 bridgehead atoms. The van der Waals surface area contributed by atoms with Gasteiger partial charge in [-0.3, -0.25) is 0 Å². The topological polar surface area (TPSA) is 61.8 Å². The zero-order valence-electron chi connectivity index (χ0n) is 14.5. The highest BCUT2D eigenvalue weighted by atomic mass is 16.6. The fourth-order valence-corrected chi connectivity index (χ4v) is 2.02. The molecule has 0 unspecified atom stereocenters. The third-order valence-corrected chi connectivity index (χ3v) is 3.31. The zero-order chi connectivity index (χ0) is 18.1. The van der Waals surface area contributed by atoms with Crippen molar-refractivity contribution in [2.24, 2.45) is 0 Å². The first-order valence-electron chi connectivity index (χ1n) is 8.36. The van der Waals surface area contributed by atoms with Crippen LogP contribution in [0.1, 0.15) is 47.4 Å². The van der Waals surface area contributed by atoms with Crippen LogP contribution in [0.5, 0.6) is 11.5 Å². The molecule has 0 aliphatic heterocycles. The van der Waals surface area contributed by atoms with Gasteiger partial charge in [0, 0.05) is 0 Å². The van der Waals surface area contributed by atoms with Crippen LogP contribution in [0, 0.1) is 0 Å². The van der Waals surface area contributed by atoms with Gasteiger partial charge in [0.05, 0.1) is 24.3 Å². The Balaban J connectivity index is 1.94. The number of ether oxygens (including phenoxy) is 3. The molecular weight excluding hydrogens is 320 g/mol. The van der Waals surface area contributed by atoms with Gasteiger partial charge in [0.25, 0.3) is 0 Å². The molecule has 5 nitrogen and oxygen atoms in total. The summed E-state index contributed by atoms with van der Waals surface area (Å²) < 4.78 is 15.8. The maximum absolute atomic E-state index is 12.1. The summed E-state index contributed by atoms with van der Waals surface area (Å²) in [5, 5.41) is 0. The van der Waals surface area contributed by atoms with Gasteiger partial charge in [0.1, 0.15) is 11.5 Å². The molecule has 0 fully saturated rings. The monoisotopic (exact) mass is 342 g/mol. The summed E-state index contributed by atoms with van der Waals surface area (Å²) in [4.78, 5) is 24.1. The van der Waals surface area contributed by atoms with Crippen LogP contribution >= 0.6 is 0 Å². The van der Waals surface area contributed by atoms with Crippen molar-refractivity contribution in [2.75, 3.05) is 13.2 Å². The van der Waals surface area contributed by atoms with Gasteiger partial charge in [-0.1, -0.05) is 13.8 Å². The highest BCUT2D eigenvalue weighted by Crippen LogP contribution is 2.16. The van der Waals surface area contributed by atoms with E-state index in [0.717, 1.165) is 12.8 Å². The molecule has 0 aliphatic rings. The molecule has 0 N–H and O–H groups in total. The smallest absolute Gasteiger partial charge is 0.346 e. The predicted molar refractivity (Wildman–Crippen MR) is 94.2 cm³/mol. The predicted octanol–water partition coefficient (Wildman–Crippen LogP) is 4.26. The van der Waals surface area contributed by atoms with Gasteiger partial charge < -0.3 is 14.2 Å². The summed E-state index contributed by atoms with van der Waals surface area (Å²) >= 11 is 0. The first-order valence-corrected chi connectivity index (χ1v) is 8.36. The second-order valence-corrected chi connectivity index (χ2v) is 5.42. The average molecular weight is 342 g/mol. The van der Waals surface area contributed by atoms with Gasteiger partial charge in [0.2, 0.25) is 0 Å². The standard InChI is InChI=1S/C20H22O5/c1-3-13-23-17-9-5-15(6-10-17)19(21)25-20(22)16-7-11-18(12-8-16)24-14-4-2/h5-12H,3-4,13-14H2,1-2H3. The number of hydrogen-bond acceptors (Lipinski definition) is 5. The van der Waals surface area contributed by atoms with Crippen LogP contribution in [-0.4, -0.2) is 25.2 Å². The Bertz CT molecular complexity index is 628. The van der Waals surface area contributed by atoms with E-state index in [4.69, 9.17) is 14.2 Å². The number of esters is 2. The Labute approximate surface area is 147 Å². The van der Waals surface area contributed by atoms with Crippen molar-refractivity contribution < 1.29 is 23.8 Å².